The van der Waals surface area contributed by atoms with Crippen LogP contribution in [0.5, 0.6) is 5.75 Å². The number of rotatable bonds is 8. The molecule has 4 rings (SSSR count). The molecule has 9 heteroatoms. The lowest BCUT2D eigenvalue weighted by molar-refractivity contribution is 0.0857. The van der Waals surface area contributed by atoms with Gasteiger partial charge in [-0.05, 0) is 55.7 Å². The molecule has 166 valence electrons. The first-order valence-corrected chi connectivity index (χ1v) is 11.2. The smallest absolute Gasteiger partial charge is 0.286 e. The molecule has 2 amide bonds. The quantitative estimate of drug-likeness (QED) is 0.542. The molecular formula is C23H24N4O4S. The average molecular weight is 453 g/mol. The predicted octanol–water partition coefficient (Wildman–Crippen LogP) is 3.59. The number of carbonyl (C=O) groups is 2. The van der Waals surface area contributed by atoms with Gasteiger partial charge in [0.05, 0.1) is 6.10 Å². The summed E-state index contributed by atoms with van der Waals surface area (Å²) in [7, 11) is 0. The summed E-state index contributed by atoms with van der Waals surface area (Å²) in [4.78, 5) is 24.7. The Bertz CT molecular complexity index is 1080. The van der Waals surface area contributed by atoms with E-state index in [0.29, 0.717) is 22.8 Å². The molecule has 1 aliphatic heterocycles. The molecule has 3 aromatic rings. The van der Waals surface area contributed by atoms with Crippen LogP contribution in [0, 0.1) is 6.92 Å². The van der Waals surface area contributed by atoms with Gasteiger partial charge < -0.3 is 20.1 Å². The number of ether oxygens (including phenoxy) is 2. The van der Waals surface area contributed by atoms with E-state index < -0.39 is 0 Å². The van der Waals surface area contributed by atoms with Crippen molar-refractivity contribution in [3.8, 4) is 5.75 Å². The lowest BCUT2D eigenvalue weighted by Crippen LogP contribution is -2.31. The zero-order valence-corrected chi connectivity index (χ0v) is 18.5. The summed E-state index contributed by atoms with van der Waals surface area (Å²) in [5.41, 5.74) is 2.12. The summed E-state index contributed by atoms with van der Waals surface area (Å²) in [5, 5.41) is 14.5. The highest BCUT2D eigenvalue weighted by Gasteiger charge is 2.17. The van der Waals surface area contributed by atoms with Crippen LogP contribution in [-0.4, -0.2) is 41.3 Å². The molecule has 0 aliphatic carbocycles. The number of anilines is 1. The van der Waals surface area contributed by atoms with Gasteiger partial charge in [-0.15, -0.1) is 10.2 Å². The van der Waals surface area contributed by atoms with E-state index in [1.807, 2.05) is 31.2 Å². The minimum absolute atomic E-state index is 0.0939. The first-order chi connectivity index (χ1) is 15.6. The van der Waals surface area contributed by atoms with E-state index in [4.69, 9.17) is 9.47 Å². The molecule has 0 bridgehead atoms. The van der Waals surface area contributed by atoms with Crippen LogP contribution in [0.3, 0.4) is 0 Å². The van der Waals surface area contributed by atoms with Crippen LogP contribution in [0.25, 0.3) is 0 Å². The number of aromatic nitrogens is 2. The second kappa shape index (κ2) is 10.3. The maximum Gasteiger partial charge on any atom is 0.286 e. The molecule has 8 nitrogen and oxygen atoms in total. The SMILES string of the molecule is Cc1ccccc1OCc1nnc(C(=O)Nc2ccc(C(=O)NC[C@H]3CCCO3)cc2)s1. The van der Waals surface area contributed by atoms with E-state index in [-0.39, 0.29) is 29.5 Å². The lowest BCUT2D eigenvalue weighted by Gasteiger charge is -2.11. The minimum atomic E-state index is -0.361. The Hall–Kier alpha value is -3.30. The largest absolute Gasteiger partial charge is 0.486 e. The van der Waals surface area contributed by atoms with Crippen LogP contribution in [0.15, 0.2) is 48.5 Å². The van der Waals surface area contributed by atoms with Crippen molar-refractivity contribution in [2.24, 2.45) is 0 Å². The van der Waals surface area contributed by atoms with Gasteiger partial charge in [0.25, 0.3) is 11.8 Å². The number of carbonyl (C=O) groups excluding carboxylic acids is 2. The monoisotopic (exact) mass is 452 g/mol. The van der Waals surface area contributed by atoms with E-state index in [2.05, 4.69) is 20.8 Å². The van der Waals surface area contributed by atoms with Crippen LogP contribution in [0.4, 0.5) is 5.69 Å². The zero-order valence-electron chi connectivity index (χ0n) is 17.7. The topological polar surface area (TPSA) is 102 Å². The normalized spacial score (nSPS) is 15.3. The van der Waals surface area contributed by atoms with Gasteiger partial charge >= 0.3 is 0 Å². The molecule has 1 saturated heterocycles. The number of nitrogens with zero attached hydrogens (tertiary/aromatic N) is 2. The first-order valence-electron chi connectivity index (χ1n) is 10.4. The van der Waals surface area contributed by atoms with Gasteiger partial charge in [-0.1, -0.05) is 29.5 Å². The van der Waals surface area contributed by atoms with Crippen LogP contribution in [-0.2, 0) is 11.3 Å². The third-order valence-electron chi connectivity index (χ3n) is 5.03. The molecule has 1 aromatic heterocycles. The number of amides is 2. The molecule has 1 fully saturated rings. The van der Waals surface area contributed by atoms with E-state index in [0.717, 1.165) is 30.8 Å². The van der Waals surface area contributed by atoms with Gasteiger partial charge in [0.15, 0.2) is 5.01 Å². The molecular weight excluding hydrogens is 428 g/mol. The second-order valence-electron chi connectivity index (χ2n) is 7.43. The number of aryl methyl sites for hydroxylation is 1. The first kappa shape index (κ1) is 21.9. The van der Waals surface area contributed by atoms with E-state index in [1.165, 1.54) is 11.3 Å². The van der Waals surface area contributed by atoms with E-state index in [1.54, 1.807) is 24.3 Å². The van der Waals surface area contributed by atoms with Gasteiger partial charge in [-0.3, -0.25) is 9.59 Å². The van der Waals surface area contributed by atoms with Crippen molar-refractivity contribution in [2.45, 2.75) is 32.5 Å². The Labute approximate surface area is 190 Å². The molecule has 0 spiro atoms. The van der Waals surface area contributed by atoms with E-state index in [9.17, 15) is 9.59 Å². The fourth-order valence-electron chi connectivity index (χ4n) is 3.26. The number of hydrogen-bond donors (Lipinski definition) is 2. The van der Waals surface area contributed by atoms with Gasteiger partial charge in [0.1, 0.15) is 12.4 Å². The van der Waals surface area contributed by atoms with Crippen LogP contribution in [0.2, 0.25) is 0 Å². The summed E-state index contributed by atoms with van der Waals surface area (Å²) in [6.45, 7) is 3.47. The maximum absolute atomic E-state index is 12.5. The van der Waals surface area contributed by atoms with Crippen molar-refractivity contribution >= 4 is 28.8 Å². The average Bonchev–Trinajstić information content (AvgIpc) is 3.50. The number of nitrogens with one attached hydrogen (secondary N) is 2. The summed E-state index contributed by atoms with van der Waals surface area (Å²) in [5.74, 6) is 0.245. The molecule has 1 aliphatic rings. The van der Waals surface area contributed by atoms with Crippen molar-refractivity contribution in [1.82, 2.24) is 15.5 Å². The van der Waals surface area contributed by atoms with Gasteiger partial charge in [-0.2, -0.15) is 0 Å². The maximum atomic E-state index is 12.5. The Morgan fingerprint density at radius 1 is 1.12 bits per heavy atom. The van der Waals surface area contributed by atoms with Crippen molar-refractivity contribution in [3.05, 3.63) is 69.7 Å². The van der Waals surface area contributed by atoms with Crippen molar-refractivity contribution in [2.75, 3.05) is 18.5 Å². The number of para-hydroxylation sites is 1. The van der Waals surface area contributed by atoms with E-state index >= 15 is 0 Å². The Morgan fingerprint density at radius 2 is 1.94 bits per heavy atom. The molecule has 2 aromatic carbocycles. The molecule has 1 atom stereocenters. The highest BCUT2D eigenvalue weighted by molar-refractivity contribution is 7.13. The Kier molecular flexibility index (Phi) is 7.08. The van der Waals surface area contributed by atoms with Crippen LogP contribution < -0.4 is 15.4 Å². The van der Waals surface area contributed by atoms with Gasteiger partial charge in [0, 0.05) is 24.4 Å². The van der Waals surface area contributed by atoms with Gasteiger partial charge in [0.2, 0.25) is 5.01 Å². The molecule has 0 saturated carbocycles. The highest BCUT2D eigenvalue weighted by atomic mass is 32.1. The van der Waals surface area contributed by atoms with Crippen molar-refractivity contribution in [3.63, 3.8) is 0 Å². The molecule has 32 heavy (non-hydrogen) atoms. The zero-order chi connectivity index (χ0) is 22.3. The number of hydrogen-bond acceptors (Lipinski definition) is 7. The fraction of sp³-hybridized carbons (Fsp3) is 0.304. The van der Waals surface area contributed by atoms with Gasteiger partial charge in [-0.25, -0.2) is 0 Å². The fourth-order valence-corrected chi connectivity index (χ4v) is 3.91. The predicted molar refractivity (Wildman–Crippen MR) is 121 cm³/mol. The standard InChI is InChI=1S/C23H24N4O4S/c1-15-5-2-3-7-19(15)31-14-20-26-27-23(32-20)22(29)25-17-10-8-16(9-11-17)21(28)24-13-18-6-4-12-30-18/h2-3,5,7-11,18H,4,6,12-14H2,1H3,(H,24,28)(H,25,29)/t18-/m1/s1. The Balaban J connectivity index is 1.28. The minimum Gasteiger partial charge on any atom is -0.486 e. The third kappa shape index (κ3) is 5.68. The number of benzene rings is 2. The molecule has 0 unspecified atom stereocenters. The Morgan fingerprint density at radius 3 is 2.69 bits per heavy atom. The van der Waals surface area contributed by atoms with Crippen LogP contribution >= 0.6 is 11.3 Å². The highest BCUT2D eigenvalue weighted by Crippen LogP contribution is 2.20. The summed E-state index contributed by atoms with van der Waals surface area (Å²) in [6.07, 6.45) is 2.10. The molecule has 2 N–H and O–H groups in total. The summed E-state index contributed by atoms with van der Waals surface area (Å²) < 4.78 is 11.3. The van der Waals surface area contributed by atoms with Crippen molar-refractivity contribution < 1.29 is 19.1 Å². The third-order valence-corrected chi connectivity index (χ3v) is 5.92. The second-order valence-corrected chi connectivity index (χ2v) is 8.49. The summed E-state index contributed by atoms with van der Waals surface area (Å²) >= 11 is 1.18. The van der Waals surface area contributed by atoms with Crippen molar-refractivity contribution in [1.29, 1.82) is 0 Å². The molecule has 0 radical (unpaired) electrons. The molecule has 2 heterocycles. The summed E-state index contributed by atoms with van der Waals surface area (Å²) in [6, 6.07) is 14.4. The van der Waals surface area contributed by atoms with Crippen LogP contribution in [0.1, 0.15) is 43.6 Å². The lowest BCUT2D eigenvalue weighted by atomic mass is 10.2.